The molecule has 0 aliphatic carbocycles. The Bertz CT molecular complexity index is 1240. The van der Waals surface area contributed by atoms with Gasteiger partial charge in [0.05, 0.1) is 23.3 Å². The number of aromatic nitrogens is 5. The summed E-state index contributed by atoms with van der Waals surface area (Å²) in [5.74, 6) is 1.02. The maximum atomic E-state index is 12.3. The molecule has 4 heterocycles. The molecule has 0 saturated carbocycles. The topological polar surface area (TPSA) is 72.1 Å². The van der Waals surface area contributed by atoms with E-state index < -0.39 is 0 Å². The molecule has 5 rings (SSSR count). The molecular weight excluding hydrogens is 390 g/mol. The highest BCUT2D eigenvalue weighted by Gasteiger charge is 2.21. The smallest absolute Gasteiger partial charge is 0.266 e. The lowest BCUT2D eigenvalue weighted by atomic mass is 10.2. The van der Waals surface area contributed by atoms with Crippen LogP contribution >= 0.6 is 0 Å². The molecule has 0 atom stereocenters. The number of fused-ring (bicyclic) bond motifs is 1. The van der Waals surface area contributed by atoms with Gasteiger partial charge in [-0.2, -0.15) is 5.10 Å². The van der Waals surface area contributed by atoms with Crippen LogP contribution in [0.25, 0.3) is 22.3 Å². The van der Waals surface area contributed by atoms with Crippen molar-refractivity contribution >= 4 is 17.0 Å². The Morgan fingerprint density at radius 2 is 1.68 bits per heavy atom. The van der Waals surface area contributed by atoms with E-state index in [-0.39, 0.29) is 5.56 Å². The minimum absolute atomic E-state index is 0.0730. The van der Waals surface area contributed by atoms with Crippen LogP contribution < -0.4 is 10.5 Å². The fourth-order valence-electron chi connectivity index (χ4n) is 4.11. The van der Waals surface area contributed by atoms with Gasteiger partial charge in [0.25, 0.3) is 5.56 Å². The predicted octanol–water partition coefficient (Wildman–Crippen LogP) is 2.01. The highest BCUT2D eigenvalue weighted by Crippen LogP contribution is 2.22. The minimum atomic E-state index is -0.0730. The summed E-state index contributed by atoms with van der Waals surface area (Å²) in [4.78, 5) is 25.9. The van der Waals surface area contributed by atoms with Crippen molar-refractivity contribution in [2.75, 3.05) is 37.6 Å². The first-order valence-electron chi connectivity index (χ1n) is 10.6. The first-order chi connectivity index (χ1) is 15.2. The third-order valence-electron chi connectivity index (χ3n) is 5.89. The van der Waals surface area contributed by atoms with E-state index in [1.807, 2.05) is 24.3 Å². The van der Waals surface area contributed by atoms with E-state index in [9.17, 15) is 4.79 Å². The second-order valence-electron chi connectivity index (χ2n) is 7.80. The molecule has 8 heteroatoms. The first kappa shape index (κ1) is 19.4. The number of nitrogens with zero attached hydrogens (tertiary/aromatic N) is 7. The van der Waals surface area contributed by atoms with Crippen LogP contribution in [-0.2, 0) is 13.6 Å². The molecule has 3 aromatic heterocycles. The van der Waals surface area contributed by atoms with Crippen LogP contribution in [0.2, 0.25) is 0 Å². The molecule has 0 bridgehead atoms. The first-order valence-corrected chi connectivity index (χ1v) is 10.6. The zero-order chi connectivity index (χ0) is 21.2. The highest BCUT2D eigenvalue weighted by molar-refractivity contribution is 5.78. The van der Waals surface area contributed by atoms with Crippen molar-refractivity contribution in [2.45, 2.75) is 6.54 Å². The number of pyridine rings is 1. The van der Waals surface area contributed by atoms with Crippen molar-refractivity contribution in [1.82, 2.24) is 29.2 Å². The van der Waals surface area contributed by atoms with Gasteiger partial charge in [-0.3, -0.25) is 14.7 Å². The molecule has 158 valence electrons. The zero-order valence-corrected chi connectivity index (χ0v) is 17.6. The van der Waals surface area contributed by atoms with E-state index in [2.05, 4.69) is 43.6 Å². The third-order valence-corrected chi connectivity index (χ3v) is 5.89. The highest BCUT2D eigenvalue weighted by atomic mass is 16.1. The molecule has 1 saturated heterocycles. The van der Waals surface area contributed by atoms with Crippen LogP contribution in [0, 0.1) is 0 Å². The van der Waals surface area contributed by atoms with Crippen LogP contribution in [0.5, 0.6) is 0 Å². The summed E-state index contributed by atoms with van der Waals surface area (Å²) in [5.41, 5.74) is 3.85. The van der Waals surface area contributed by atoms with Gasteiger partial charge >= 0.3 is 0 Å². The molecule has 0 radical (unpaired) electrons. The Balaban J connectivity index is 1.22. The van der Waals surface area contributed by atoms with Crippen LogP contribution in [0.4, 0.5) is 5.95 Å². The van der Waals surface area contributed by atoms with Gasteiger partial charge in [0, 0.05) is 63.8 Å². The molecule has 1 aliphatic heterocycles. The maximum absolute atomic E-state index is 12.3. The van der Waals surface area contributed by atoms with E-state index in [0.717, 1.165) is 61.0 Å². The average Bonchev–Trinajstić information content (AvgIpc) is 3.16. The van der Waals surface area contributed by atoms with Crippen molar-refractivity contribution in [3.8, 4) is 11.3 Å². The number of piperazine rings is 1. The molecule has 31 heavy (non-hydrogen) atoms. The minimum Gasteiger partial charge on any atom is -0.340 e. The molecule has 0 amide bonds. The number of anilines is 1. The van der Waals surface area contributed by atoms with Crippen LogP contribution in [0.1, 0.15) is 0 Å². The summed E-state index contributed by atoms with van der Waals surface area (Å²) in [5, 5.41) is 4.55. The second-order valence-corrected chi connectivity index (χ2v) is 7.80. The molecule has 0 unspecified atom stereocenters. The Kier molecular flexibility index (Phi) is 5.21. The Morgan fingerprint density at radius 1 is 0.903 bits per heavy atom. The summed E-state index contributed by atoms with van der Waals surface area (Å²) in [7, 11) is 2.07. The fourth-order valence-corrected chi connectivity index (χ4v) is 4.11. The Labute approximate surface area is 180 Å². The number of rotatable bonds is 5. The molecule has 4 aromatic rings. The second kappa shape index (κ2) is 8.31. The number of para-hydroxylation sites is 2. The van der Waals surface area contributed by atoms with Gasteiger partial charge in [-0.25, -0.2) is 9.67 Å². The molecule has 1 fully saturated rings. The molecule has 0 N–H and O–H groups in total. The summed E-state index contributed by atoms with van der Waals surface area (Å²) >= 11 is 0. The number of hydrogen-bond acceptors (Lipinski definition) is 6. The number of aryl methyl sites for hydroxylation is 1. The van der Waals surface area contributed by atoms with Gasteiger partial charge in [-0.1, -0.05) is 12.1 Å². The summed E-state index contributed by atoms with van der Waals surface area (Å²) in [6.45, 7) is 5.06. The quantitative estimate of drug-likeness (QED) is 0.497. The standard InChI is InChI=1S/C23H25N7O/c1-27-21-5-3-2-4-20(21)25-23(27)29-15-12-28(13-16-29)14-17-30-22(31)7-6-19(26-30)18-8-10-24-11-9-18/h2-11H,12-17H2,1H3. The number of hydrogen-bond donors (Lipinski definition) is 0. The third kappa shape index (κ3) is 3.94. The number of benzene rings is 1. The van der Waals surface area contributed by atoms with Gasteiger partial charge in [0.15, 0.2) is 0 Å². The Morgan fingerprint density at radius 3 is 2.45 bits per heavy atom. The van der Waals surface area contributed by atoms with Crippen molar-refractivity contribution < 1.29 is 0 Å². The van der Waals surface area contributed by atoms with Gasteiger partial charge in [-0.05, 0) is 30.3 Å². The van der Waals surface area contributed by atoms with Gasteiger partial charge in [0.2, 0.25) is 5.95 Å². The fraction of sp³-hybridized carbons (Fsp3) is 0.304. The normalized spacial score (nSPS) is 14.9. The summed E-state index contributed by atoms with van der Waals surface area (Å²) in [6, 6.07) is 15.4. The maximum Gasteiger partial charge on any atom is 0.266 e. The SMILES string of the molecule is Cn1c(N2CCN(CCn3nc(-c4ccncc4)ccc3=O)CC2)nc2ccccc21. The summed E-state index contributed by atoms with van der Waals surface area (Å²) in [6.07, 6.45) is 3.47. The van der Waals surface area contributed by atoms with E-state index in [1.54, 1.807) is 29.2 Å². The molecule has 1 aromatic carbocycles. The van der Waals surface area contributed by atoms with Gasteiger partial charge in [-0.15, -0.1) is 0 Å². The molecular formula is C23H25N7O. The predicted molar refractivity (Wildman–Crippen MR) is 121 cm³/mol. The summed E-state index contributed by atoms with van der Waals surface area (Å²) < 4.78 is 3.73. The van der Waals surface area contributed by atoms with Crippen molar-refractivity contribution in [2.24, 2.45) is 7.05 Å². The van der Waals surface area contributed by atoms with Gasteiger partial charge in [0.1, 0.15) is 0 Å². The van der Waals surface area contributed by atoms with Crippen LogP contribution in [0.15, 0.2) is 65.7 Å². The number of imidazole rings is 1. The average molecular weight is 416 g/mol. The van der Waals surface area contributed by atoms with Crippen molar-refractivity contribution in [3.63, 3.8) is 0 Å². The van der Waals surface area contributed by atoms with Crippen molar-refractivity contribution in [1.29, 1.82) is 0 Å². The van der Waals surface area contributed by atoms with E-state index in [1.165, 1.54) is 0 Å². The largest absolute Gasteiger partial charge is 0.340 e. The molecule has 1 aliphatic rings. The lowest BCUT2D eigenvalue weighted by Crippen LogP contribution is -2.48. The van der Waals surface area contributed by atoms with Gasteiger partial charge < -0.3 is 9.47 Å². The zero-order valence-electron chi connectivity index (χ0n) is 17.6. The van der Waals surface area contributed by atoms with E-state index in [0.29, 0.717) is 6.54 Å². The monoisotopic (exact) mass is 415 g/mol. The molecule has 8 nitrogen and oxygen atoms in total. The van der Waals surface area contributed by atoms with Crippen LogP contribution in [-0.4, -0.2) is 61.9 Å². The lowest BCUT2D eigenvalue weighted by Gasteiger charge is -2.35. The van der Waals surface area contributed by atoms with E-state index >= 15 is 0 Å². The van der Waals surface area contributed by atoms with Crippen LogP contribution in [0.3, 0.4) is 0 Å². The van der Waals surface area contributed by atoms with Crippen molar-refractivity contribution in [3.05, 3.63) is 71.3 Å². The lowest BCUT2D eigenvalue weighted by molar-refractivity contribution is 0.241. The van der Waals surface area contributed by atoms with E-state index in [4.69, 9.17) is 4.98 Å². The Hall–Kier alpha value is -3.52. The molecule has 0 spiro atoms.